The number of hydrogen-bond donors (Lipinski definition) is 0. The molecule has 0 N–H and O–H groups in total. The van der Waals surface area contributed by atoms with Crippen LogP contribution in [-0.4, -0.2) is 15.6 Å². The van der Waals surface area contributed by atoms with Crippen molar-refractivity contribution in [3.8, 4) is 0 Å². The van der Waals surface area contributed by atoms with Crippen LogP contribution in [0.1, 0.15) is 0 Å². The van der Waals surface area contributed by atoms with Gasteiger partial charge in [0.2, 0.25) is 0 Å². The first-order chi connectivity index (χ1) is 5.83. The molecule has 0 unspecified atom stereocenters. The lowest BCUT2D eigenvalue weighted by Crippen LogP contribution is -1.91. The molecule has 2 aromatic heterocycles. The van der Waals surface area contributed by atoms with E-state index in [4.69, 9.17) is 0 Å². The van der Waals surface area contributed by atoms with Crippen molar-refractivity contribution in [1.82, 2.24) is 9.38 Å². The van der Waals surface area contributed by atoms with Gasteiger partial charge in [0.15, 0.2) is 5.16 Å². The Kier molecular flexibility index (Phi) is 2.11. The molecule has 0 spiro atoms. The van der Waals surface area contributed by atoms with Crippen molar-refractivity contribution in [2.75, 3.05) is 6.26 Å². The second-order valence-corrected chi connectivity index (χ2v) is 3.98. The molecule has 12 heavy (non-hydrogen) atoms. The average molecular weight is 243 g/mol. The van der Waals surface area contributed by atoms with E-state index in [1.165, 1.54) is 0 Å². The molecule has 62 valence electrons. The predicted molar refractivity (Wildman–Crippen MR) is 54.7 cm³/mol. The van der Waals surface area contributed by atoms with Crippen LogP contribution in [0.5, 0.6) is 0 Å². The fourth-order valence-corrected chi connectivity index (χ4v) is 2.07. The van der Waals surface area contributed by atoms with Gasteiger partial charge in [-0.1, -0.05) is 11.8 Å². The van der Waals surface area contributed by atoms with E-state index in [1.807, 2.05) is 24.7 Å². The van der Waals surface area contributed by atoms with Gasteiger partial charge in [-0.3, -0.25) is 4.40 Å². The van der Waals surface area contributed by atoms with Crippen molar-refractivity contribution < 1.29 is 0 Å². The van der Waals surface area contributed by atoms with Crippen LogP contribution in [-0.2, 0) is 0 Å². The maximum Gasteiger partial charge on any atom is 0.172 e. The van der Waals surface area contributed by atoms with E-state index in [-0.39, 0.29) is 0 Å². The van der Waals surface area contributed by atoms with Crippen molar-refractivity contribution in [2.45, 2.75) is 5.16 Å². The van der Waals surface area contributed by atoms with Gasteiger partial charge in [0.05, 0.1) is 9.99 Å². The quantitative estimate of drug-likeness (QED) is 0.566. The molecular weight excluding hydrogens is 236 g/mol. The summed E-state index contributed by atoms with van der Waals surface area (Å²) in [6, 6.07) is 4.08. The SMILES string of the molecule is CSc1ncc(Br)c2cccn12. The van der Waals surface area contributed by atoms with Gasteiger partial charge in [0.1, 0.15) is 0 Å². The molecule has 0 aromatic carbocycles. The molecule has 2 nitrogen and oxygen atoms in total. The zero-order chi connectivity index (χ0) is 8.55. The van der Waals surface area contributed by atoms with Crippen LogP contribution in [0.3, 0.4) is 0 Å². The number of rotatable bonds is 1. The first-order valence-corrected chi connectivity index (χ1v) is 5.50. The Bertz CT molecular complexity index is 410. The molecule has 0 aliphatic rings. The van der Waals surface area contributed by atoms with Gasteiger partial charge in [-0.15, -0.1) is 0 Å². The normalized spacial score (nSPS) is 10.8. The molecule has 0 bridgehead atoms. The summed E-state index contributed by atoms with van der Waals surface area (Å²) in [6.07, 6.45) is 5.87. The Hall–Kier alpha value is -0.480. The maximum atomic E-state index is 4.28. The molecule has 0 radical (unpaired) electrons. The van der Waals surface area contributed by atoms with E-state index in [0.717, 1.165) is 15.1 Å². The van der Waals surface area contributed by atoms with Gasteiger partial charge in [0, 0.05) is 12.4 Å². The standard InChI is InChI=1S/C8H7BrN2S/c1-12-8-10-5-6(9)7-3-2-4-11(7)8/h2-5H,1H3. The lowest BCUT2D eigenvalue weighted by molar-refractivity contribution is 0.905. The van der Waals surface area contributed by atoms with E-state index in [9.17, 15) is 0 Å². The van der Waals surface area contributed by atoms with Crippen LogP contribution >= 0.6 is 27.7 Å². The Morgan fingerprint density at radius 2 is 2.42 bits per heavy atom. The number of hydrogen-bond acceptors (Lipinski definition) is 2. The first-order valence-electron chi connectivity index (χ1n) is 3.48. The van der Waals surface area contributed by atoms with Crippen molar-refractivity contribution in [3.63, 3.8) is 0 Å². The second kappa shape index (κ2) is 3.11. The predicted octanol–water partition coefficient (Wildman–Crippen LogP) is 2.82. The molecular formula is C8H7BrN2S. The van der Waals surface area contributed by atoms with Gasteiger partial charge in [0.25, 0.3) is 0 Å². The zero-order valence-electron chi connectivity index (χ0n) is 6.49. The topological polar surface area (TPSA) is 17.3 Å². The summed E-state index contributed by atoms with van der Waals surface area (Å²) in [7, 11) is 0. The Morgan fingerprint density at radius 3 is 3.17 bits per heavy atom. The van der Waals surface area contributed by atoms with E-state index in [1.54, 1.807) is 11.8 Å². The molecule has 0 fully saturated rings. The number of halogens is 1. The molecule has 2 aromatic rings. The minimum Gasteiger partial charge on any atom is -0.295 e. The molecule has 0 atom stereocenters. The summed E-state index contributed by atoms with van der Waals surface area (Å²) in [4.78, 5) is 4.28. The Balaban J connectivity index is 2.82. The highest BCUT2D eigenvalue weighted by Crippen LogP contribution is 2.21. The minimum absolute atomic E-state index is 1.01. The van der Waals surface area contributed by atoms with Gasteiger partial charge in [-0.05, 0) is 34.3 Å². The lowest BCUT2D eigenvalue weighted by Gasteiger charge is -2.02. The smallest absolute Gasteiger partial charge is 0.172 e. The van der Waals surface area contributed by atoms with Gasteiger partial charge in [-0.2, -0.15) is 0 Å². The van der Waals surface area contributed by atoms with Crippen LogP contribution in [0.15, 0.2) is 34.2 Å². The minimum atomic E-state index is 1.01. The van der Waals surface area contributed by atoms with Crippen LogP contribution in [0.4, 0.5) is 0 Å². The molecule has 0 aliphatic heterocycles. The van der Waals surface area contributed by atoms with E-state index < -0.39 is 0 Å². The van der Waals surface area contributed by atoms with E-state index in [0.29, 0.717) is 0 Å². The summed E-state index contributed by atoms with van der Waals surface area (Å²) >= 11 is 5.09. The number of aromatic nitrogens is 2. The third-order valence-electron chi connectivity index (χ3n) is 1.67. The van der Waals surface area contributed by atoms with Crippen LogP contribution in [0.2, 0.25) is 0 Å². The largest absolute Gasteiger partial charge is 0.295 e. The van der Waals surface area contributed by atoms with Crippen LogP contribution in [0.25, 0.3) is 5.52 Å². The monoisotopic (exact) mass is 242 g/mol. The summed E-state index contributed by atoms with van der Waals surface area (Å²) in [5, 5.41) is 1.01. The first kappa shape index (κ1) is 8.13. The summed E-state index contributed by atoms with van der Waals surface area (Å²) < 4.78 is 3.10. The summed E-state index contributed by atoms with van der Waals surface area (Å²) in [5.74, 6) is 0. The Labute approximate surface area is 83.1 Å². The molecule has 2 rings (SSSR count). The maximum absolute atomic E-state index is 4.28. The number of thioether (sulfide) groups is 1. The molecule has 0 aliphatic carbocycles. The summed E-state index contributed by atoms with van der Waals surface area (Å²) in [5.41, 5.74) is 1.16. The fourth-order valence-electron chi connectivity index (χ4n) is 1.13. The highest BCUT2D eigenvalue weighted by molar-refractivity contribution is 9.10. The number of nitrogens with zero attached hydrogens (tertiary/aromatic N) is 2. The van der Waals surface area contributed by atoms with Gasteiger partial charge < -0.3 is 0 Å². The third-order valence-corrected chi connectivity index (χ3v) is 2.95. The highest BCUT2D eigenvalue weighted by Gasteiger charge is 2.02. The second-order valence-electron chi connectivity index (χ2n) is 2.36. The molecule has 2 heterocycles. The van der Waals surface area contributed by atoms with Crippen molar-refractivity contribution in [3.05, 3.63) is 29.0 Å². The van der Waals surface area contributed by atoms with Crippen molar-refractivity contribution in [2.24, 2.45) is 0 Å². The third kappa shape index (κ3) is 1.15. The highest BCUT2D eigenvalue weighted by atomic mass is 79.9. The van der Waals surface area contributed by atoms with Gasteiger partial charge >= 0.3 is 0 Å². The molecule has 0 amide bonds. The van der Waals surface area contributed by atoms with Crippen LogP contribution < -0.4 is 0 Å². The molecule has 4 heteroatoms. The number of fused-ring (bicyclic) bond motifs is 1. The molecule has 0 saturated heterocycles. The average Bonchev–Trinajstić information content (AvgIpc) is 2.54. The summed E-state index contributed by atoms with van der Waals surface area (Å²) in [6.45, 7) is 0. The van der Waals surface area contributed by atoms with E-state index >= 15 is 0 Å². The Morgan fingerprint density at radius 1 is 1.58 bits per heavy atom. The van der Waals surface area contributed by atoms with E-state index in [2.05, 4.69) is 31.4 Å². The fraction of sp³-hybridized carbons (Fsp3) is 0.125. The lowest BCUT2D eigenvalue weighted by atomic mass is 10.5. The zero-order valence-corrected chi connectivity index (χ0v) is 8.89. The van der Waals surface area contributed by atoms with Crippen molar-refractivity contribution >= 4 is 33.2 Å². The van der Waals surface area contributed by atoms with Gasteiger partial charge in [-0.25, -0.2) is 4.98 Å². The van der Waals surface area contributed by atoms with Crippen LogP contribution in [0, 0.1) is 0 Å². The van der Waals surface area contributed by atoms with Crippen molar-refractivity contribution in [1.29, 1.82) is 0 Å². The molecule has 0 saturated carbocycles.